The second-order valence-electron chi connectivity index (χ2n) is 6.72. The normalized spacial score (nSPS) is 17.6. The molecule has 2 heterocycles. The molecule has 1 aliphatic rings. The van der Waals surface area contributed by atoms with E-state index in [1.807, 2.05) is 25.1 Å². The van der Waals surface area contributed by atoms with Gasteiger partial charge in [0.25, 0.3) is 0 Å². The maximum Gasteiger partial charge on any atom is 0.134 e. The van der Waals surface area contributed by atoms with Crippen LogP contribution >= 0.6 is 11.6 Å². The lowest BCUT2D eigenvalue weighted by atomic mass is 10.00. The van der Waals surface area contributed by atoms with Gasteiger partial charge in [0.2, 0.25) is 0 Å². The first-order chi connectivity index (χ1) is 12.2. The van der Waals surface area contributed by atoms with Crippen LogP contribution < -0.4 is 10.2 Å². The number of anilines is 2. The van der Waals surface area contributed by atoms with Crippen LogP contribution in [-0.2, 0) is 6.42 Å². The van der Waals surface area contributed by atoms with E-state index < -0.39 is 0 Å². The van der Waals surface area contributed by atoms with Gasteiger partial charge in [0.1, 0.15) is 17.5 Å². The average molecular weight is 359 g/mol. The zero-order chi connectivity index (χ0) is 17.6. The summed E-state index contributed by atoms with van der Waals surface area (Å²) in [7, 11) is 0. The summed E-state index contributed by atoms with van der Waals surface area (Å²) < 4.78 is 0. The number of rotatable bonds is 6. The van der Waals surface area contributed by atoms with Crippen LogP contribution in [0.3, 0.4) is 0 Å². The molecule has 1 aromatic carbocycles. The molecule has 1 aliphatic heterocycles. The average Bonchev–Trinajstić information content (AvgIpc) is 2.61. The van der Waals surface area contributed by atoms with E-state index >= 15 is 0 Å². The van der Waals surface area contributed by atoms with Crippen LogP contribution in [0, 0.1) is 6.92 Å². The first-order valence-corrected chi connectivity index (χ1v) is 9.64. The van der Waals surface area contributed by atoms with E-state index in [9.17, 15) is 0 Å². The molecule has 1 unspecified atom stereocenters. The molecular weight excluding hydrogens is 332 g/mol. The Morgan fingerprint density at radius 2 is 2.12 bits per heavy atom. The second kappa shape index (κ2) is 8.52. The molecule has 25 heavy (non-hydrogen) atoms. The molecule has 3 rings (SSSR count). The zero-order valence-electron chi connectivity index (χ0n) is 15.1. The number of benzene rings is 1. The summed E-state index contributed by atoms with van der Waals surface area (Å²) in [5.41, 5.74) is 1.23. The number of nitrogens with one attached hydrogen (secondary N) is 1. The fraction of sp³-hybridized carbons (Fsp3) is 0.500. The van der Waals surface area contributed by atoms with Gasteiger partial charge in [-0.3, -0.25) is 0 Å². The monoisotopic (exact) mass is 358 g/mol. The third-order valence-corrected chi connectivity index (χ3v) is 5.06. The molecule has 1 atom stereocenters. The van der Waals surface area contributed by atoms with Gasteiger partial charge in [-0.15, -0.1) is 0 Å². The topological polar surface area (TPSA) is 41.0 Å². The van der Waals surface area contributed by atoms with E-state index in [4.69, 9.17) is 16.6 Å². The Hall–Kier alpha value is -1.81. The largest absolute Gasteiger partial charge is 0.370 e. The molecule has 1 saturated heterocycles. The summed E-state index contributed by atoms with van der Waals surface area (Å²) in [6, 6.07) is 10.7. The molecule has 4 nitrogen and oxygen atoms in total. The maximum atomic E-state index is 6.05. The highest BCUT2D eigenvalue weighted by atomic mass is 35.5. The summed E-state index contributed by atoms with van der Waals surface area (Å²) in [5.74, 6) is 2.79. The molecule has 1 fully saturated rings. The number of aryl methyl sites for hydroxylation is 1. The van der Waals surface area contributed by atoms with E-state index in [1.165, 1.54) is 31.2 Å². The van der Waals surface area contributed by atoms with E-state index in [2.05, 4.69) is 34.3 Å². The van der Waals surface area contributed by atoms with Crippen LogP contribution in [0.15, 0.2) is 30.3 Å². The Labute approximate surface area is 155 Å². The minimum absolute atomic E-state index is 0.599. The predicted octanol–water partition coefficient (Wildman–Crippen LogP) is 4.86. The molecule has 2 aromatic rings. The SMILES string of the molecule is CCC1CCCCN1c1cc(NCCc2cccc(Cl)c2)nc(C)n1. The predicted molar refractivity (Wildman–Crippen MR) is 106 cm³/mol. The van der Waals surface area contributed by atoms with Crippen molar-refractivity contribution in [1.29, 1.82) is 0 Å². The summed E-state index contributed by atoms with van der Waals surface area (Å²) in [5, 5.41) is 4.23. The standard InChI is InChI=1S/C20H27ClN4/c1-3-18-9-4-5-12-25(18)20-14-19(23-15(2)24-20)22-11-10-16-7-6-8-17(21)13-16/h6-8,13-14,18H,3-5,9-12H2,1-2H3,(H,22,23,24). The van der Waals surface area contributed by atoms with Crippen molar-refractivity contribution in [3.8, 4) is 0 Å². The van der Waals surface area contributed by atoms with E-state index in [1.54, 1.807) is 0 Å². The number of nitrogens with zero attached hydrogens (tertiary/aromatic N) is 3. The highest BCUT2D eigenvalue weighted by molar-refractivity contribution is 6.30. The van der Waals surface area contributed by atoms with Crippen molar-refractivity contribution >= 4 is 23.2 Å². The number of hydrogen-bond donors (Lipinski definition) is 1. The van der Waals surface area contributed by atoms with Crippen LogP contribution in [0.1, 0.15) is 44.0 Å². The molecule has 1 N–H and O–H groups in total. The zero-order valence-corrected chi connectivity index (χ0v) is 15.9. The summed E-state index contributed by atoms with van der Waals surface area (Å²) in [4.78, 5) is 11.7. The van der Waals surface area contributed by atoms with Crippen molar-refractivity contribution in [3.05, 3.63) is 46.7 Å². The van der Waals surface area contributed by atoms with E-state index in [0.29, 0.717) is 6.04 Å². The van der Waals surface area contributed by atoms with Crippen molar-refractivity contribution in [2.75, 3.05) is 23.3 Å². The molecule has 5 heteroatoms. The fourth-order valence-corrected chi connectivity index (χ4v) is 3.76. The van der Waals surface area contributed by atoms with Gasteiger partial charge in [-0.05, 0) is 56.7 Å². The molecule has 134 valence electrons. The molecule has 1 aromatic heterocycles. The van der Waals surface area contributed by atoms with E-state index in [-0.39, 0.29) is 0 Å². The summed E-state index contributed by atoms with van der Waals surface area (Å²) >= 11 is 6.05. The van der Waals surface area contributed by atoms with Gasteiger partial charge in [0, 0.05) is 30.2 Å². The van der Waals surface area contributed by atoms with Gasteiger partial charge >= 0.3 is 0 Å². The fourth-order valence-electron chi connectivity index (χ4n) is 3.54. The molecule has 0 saturated carbocycles. The lowest BCUT2D eigenvalue weighted by molar-refractivity contribution is 0.446. The third kappa shape index (κ3) is 4.85. The Bertz CT molecular complexity index is 704. The Morgan fingerprint density at radius 3 is 2.92 bits per heavy atom. The number of aromatic nitrogens is 2. The minimum atomic E-state index is 0.599. The van der Waals surface area contributed by atoms with Crippen LogP contribution in [0.2, 0.25) is 5.02 Å². The van der Waals surface area contributed by atoms with Gasteiger partial charge in [0.15, 0.2) is 0 Å². The van der Waals surface area contributed by atoms with Crippen LogP contribution in [0.4, 0.5) is 11.6 Å². The Morgan fingerprint density at radius 1 is 1.24 bits per heavy atom. The summed E-state index contributed by atoms with van der Waals surface area (Å²) in [6.07, 6.45) is 5.92. The highest BCUT2D eigenvalue weighted by Gasteiger charge is 2.22. The molecular formula is C20H27ClN4. The van der Waals surface area contributed by atoms with Crippen LogP contribution in [-0.4, -0.2) is 29.1 Å². The van der Waals surface area contributed by atoms with Gasteiger partial charge in [-0.25, -0.2) is 9.97 Å². The van der Waals surface area contributed by atoms with Gasteiger partial charge in [0.05, 0.1) is 0 Å². The van der Waals surface area contributed by atoms with Gasteiger partial charge in [-0.2, -0.15) is 0 Å². The lowest BCUT2D eigenvalue weighted by Crippen LogP contribution is -2.39. The molecule has 0 aliphatic carbocycles. The molecule has 0 bridgehead atoms. The molecule has 0 amide bonds. The number of hydrogen-bond acceptors (Lipinski definition) is 4. The van der Waals surface area contributed by atoms with Crippen molar-refractivity contribution in [1.82, 2.24) is 9.97 Å². The first kappa shape index (κ1) is 18.0. The second-order valence-corrected chi connectivity index (χ2v) is 7.15. The van der Waals surface area contributed by atoms with E-state index in [0.717, 1.165) is 42.0 Å². The third-order valence-electron chi connectivity index (χ3n) is 4.83. The van der Waals surface area contributed by atoms with Crippen molar-refractivity contribution in [2.24, 2.45) is 0 Å². The van der Waals surface area contributed by atoms with Gasteiger partial charge < -0.3 is 10.2 Å². The Balaban J connectivity index is 1.66. The minimum Gasteiger partial charge on any atom is -0.370 e. The number of halogens is 1. The highest BCUT2D eigenvalue weighted by Crippen LogP contribution is 2.26. The summed E-state index contributed by atoms with van der Waals surface area (Å²) in [6.45, 7) is 6.15. The smallest absolute Gasteiger partial charge is 0.134 e. The first-order valence-electron chi connectivity index (χ1n) is 9.26. The quantitative estimate of drug-likeness (QED) is 0.800. The maximum absolute atomic E-state index is 6.05. The van der Waals surface area contributed by atoms with Crippen LogP contribution in [0.25, 0.3) is 0 Å². The van der Waals surface area contributed by atoms with Crippen molar-refractivity contribution in [2.45, 2.75) is 52.0 Å². The van der Waals surface area contributed by atoms with Crippen LogP contribution in [0.5, 0.6) is 0 Å². The van der Waals surface area contributed by atoms with Crippen molar-refractivity contribution < 1.29 is 0 Å². The molecule has 0 radical (unpaired) electrons. The number of piperidine rings is 1. The van der Waals surface area contributed by atoms with Crippen molar-refractivity contribution in [3.63, 3.8) is 0 Å². The lowest BCUT2D eigenvalue weighted by Gasteiger charge is -2.36. The van der Waals surface area contributed by atoms with Gasteiger partial charge in [-0.1, -0.05) is 30.7 Å². The Kier molecular flexibility index (Phi) is 6.14. The molecule has 0 spiro atoms.